The van der Waals surface area contributed by atoms with E-state index in [-0.39, 0.29) is 18.0 Å². The molecule has 0 spiro atoms. The summed E-state index contributed by atoms with van der Waals surface area (Å²) in [5.41, 5.74) is 1.59. The Bertz CT molecular complexity index is 1190. The highest BCUT2D eigenvalue weighted by molar-refractivity contribution is 14.1. The molecule has 0 unspecified atom stereocenters. The van der Waals surface area contributed by atoms with Crippen molar-refractivity contribution in [1.82, 2.24) is 0 Å². The van der Waals surface area contributed by atoms with Crippen molar-refractivity contribution in [2.75, 3.05) is 12.4 Å². The molecule has 162 valence electrons. The molecule has 0 fully saturated rings. The number of benzene rings is 3. The molecule has 3 aromatic rings. The number of halogens is 3. The summed E-state index contributed by atoms with van der Waals surface area (Å²) in [5.74, 6) is -0.466. The summed E-state index contributed by atoms with van der Waals surface area (Å²) in [6, 6.07) is 16.5. The number of nitriles is 1. The van der Waals surface area contributed by atoms with Crippen LogP contribution in [0.3, 0.4) is 0 Å². The van der Waals surface area contributed by atoms with Crippen LogP contribution in [0.4, 0.5) is 14.5 Å². The molecule has 8 heteroatoms. The Hall–Kier alpha value is -3.45. The number of nitrogens with zero attached hydrogens (tertiary/aromatic N) is 1. The highest BCUT2D eigenvalue weighted by Gasteiger charge is 2.14. The van der Waals surface area contributed by atoms with Crippen molar-refractivity contribution < 1.29 is 23.0 Å². The molecule has 0 saturated heterocycles. The van der Waals surface area contributed by atoms with Gasteiger partial charge in [0.1, 0.15) is 29.9 Å². The molecule has 0 aliphatic heterocycles. The number of ether oxygens (including phenoxy) is 2. The number of nitrogens with one attached hydrogen (secondary N) is 1. The van der Waals surface area contributed by atoms with Crippen LogP contribution in [-0.4, -0.2) is 13.0 Å². The Morgan fingerprint density at radius 3 is 2.31 bits per heavy atom. The van der Waals surface area contributed by atoms with Gasteiger partial charge < -0.3 is 14.8 Å². The minimum Gasteiger partial charge on any atom is -0.493 e. The molecular weight excluding hydrogens is 529 g/mol. The van der Waals surface area contributed by atoms with Crippen LogP contribution in [0.5, 0.6) is 11.5 Å². The smallest absolute Gasteiger partial charge is 0.266 e. The molecule has 1 N–H and O–H groups in total. The van der Waals surface area contributed by atoms with Gasteiger partial charge in [0.25, 0.3) is 5.91 Å². The second-order valence-corrected chi connectivity index (χ2v) is 7.74. The summed E-state index contributed by atoms with van der Waals surface area (Å²) in [7, 11) is 1.48. The van der Waals surface area contributed by atoms with Crippen LogP contribution >= 0.6 is 22.6 Å². The molecule has 0 aliphatic carbocycles. The maximum atomic E-state index is 13.1. The molecule has 0 aliphatic rings. The van der Waals surface area contributed by atoms with Crippen molar-refractivity contribution in [3.63, 3.8) is 0 Å². The quantitative estimate of drug-likeness (QED) is 0.235. The van der Waals surface area contributed by atoms with Gasteiger partial charge in [-0.15, -0.1) is 0 Å². The first-order valence-corrected chi connectivity index (χ1v) is 10.4. The summed E-state index contributed by atoms with van der Waals surface area (Å²) in [6.45, 7) is 0.214. The first-order chi connectivity index (χ1) is 15.4. The van der Waals surface area contributed by atoms with Crippen LogP contribution in [0, 0.1) is 26.5 Å². The van der Waals surface area contributed by atoms with Crippen molar-refractivity contribution >= 4 is 40.3 Å². The zero-order valence-corrected chi connectivity index (χ0v) is 19.0. The van der Waals surface area contributed by atoms with E-state index in [4.69, 9.17) is 9.47 Å². The Balaban J connectivity index is 1.80. The fraction of sp³-hybridized carbons (Fsp3) is 0.0833. The van der Waals surface area contributed by atoms with Gasteiger partial charge in [-0.1, -0.05) is 12.1 Å². The molecule has 0 atom stereocenters. The third-order valence-corrected chi connectivity index (χ3v) is 5.13. The third kappa shape index (κ3) is 6.04. The number of methoxy groups -OCH3 is 1. The first kappa shape index (κ1) is 23.2. The molecule has 0 bridgehead atoms. The molecule has 0 aromatic heterocycles. The molecule has 0 radical (unpaired) electrons. The maximum absolute atomic E-state index is 13.1. The van der Waals surface area contributed by atoms with E-state index in [0.29, 0.717) is 26.3 Å². The van der Waals surface area contributed by atoms with Crippen molar-refractivity contribution in [3.05, 3.63) is 92.6 Å². The number of hydrogen-bond donors (Lipinski definition) is 1. The monoisotopic (exact) mass is 546 g/mol. The number of carbonyl (C=O) groups excluding carboxylic acids is 1. The lowest BCUT2D eigenvalue weighted by Crippen LogP contribution is -2.13. The molecule has 1 amide bonds. The van der Waals surface area contributed by atoms with Crippen LogP contribution in [0.15, 0.2) is 66.2 Å². The molecule has 3 rings (SSSR count). The van der Waals surface area contributed by atoms with Gasteiger partial charge in [-0.3, -0.25) is 4.79 Å². The van der Waals surface area contributed by atoms with E-state index < -0.39 is 11.7 Å². The van der Waals surface area contributed by atoms with Gasteiger partial charge in [0.05, 0.1) is 10.7 Å². The van der Waals surface area contributed by atoms with Crippen molar-refractivity contribution in [2.24, 2.45) is 0 Å². The second-order valence-electron chi connectivity index (χ2n) is 6.58. The third-order valence-electron chi connectivity index (χ3n) is 4.33. The van der Waals surface area contributed by atoms with E-state index in [1.54, 1.807) is 24.3 Å². The average molecular weight is 546 g/mol. The van der Waals surface area contributed by atoms with Crippen LogP contribution in [0.25, 0.3) is 6.08 Å². The minimum absolute atomic E-state index is 0.132. The van der Waals surface area contributed by atoms with E-state index in [1.807, 2.05) is 6.07 Å². The lowest BCUT2D eigenvalue weighted by atomic mass is 10.1. The maximum Gasteiger partial charge on any atom is 0.266 e. The number of rotatable bonds is 7. The summed E-state index contributed by atoms with van der Waals surface area (Å²) in [6.07, 6.45) is 1.42. The highest BCUT2D eigenvalue weighted by Crippen LogP contribution is 2.35. The number of anilines is 1. The largest absolute Gasteiger partial charge is 0.493 e. The van der Waals surface area contributed by atoms with Crippen LogP contribution < -0.4 is 14.8 Å². The summed E-state index contributed by atoms with van der Waals surface area (Å²) in [4.78, 5) is 12.4. The zero-order chi connectivity index (χ0) is 23.1. The number of carbonyl (C=O) groups is 1. The van der Waals surface area contributed by atoms with E-state index in [1.165, 1.54) is 49.6 Å². The van der Waals surface area contributed by atoms with Gasteiger partial charge in [-0.05, 0) is 88.3 Å². The van der Waals surface area contributed by atoms with Gasteiger partial charge >= 0.3 is 0 Å². The molecule has 3 aromatic carbocycles. The van der Waals surface area contributed by atoms with Crippen LogP contribution in [0.2, 0.25) is 0 Å². The normalized spacial score (nSPS) is 10.9. The second kappa shape index (κ2) is 10.7. The summed E-state index contributed by atoms with van der Waals surface area (Å²) < 4.78 is 38.1. The average Bonchev–Trinajstić information content (AvgIpc) is 2.79. The van der Waals surface area contributed by atoms with E-state index in [2.05, 4.69) is 27.9 Å². The summed E-state index contributed by atoms with van der Waals surface area (Å²) in [5, 5.41) is 12.0. The Morgan fingerprint density at radius 2 is 1.72 bits per heavy atom. The highest BCUT2D eigenvalue weighted by atomic mass is 127. The van der Waals surface area contributed by atoms with Crippen molar-refractivity contribution in [2.45, 2.75) is 6.61 Å². The van der Waals surface area contributed by atoms with Gasteiger partial charge in [-0.2, -0.15) is 5.26 Å². The molecule has 32 heavy (non-hydrogen) atoms. The lowest BCUT2D eigenvalue weighted by molar-refractivity contribution is -0.112. The molecule has 0 saturated carbocycles. The Morgan fingerprint density at radius 1 is 1.09 bits per heavy atom. The van der Waals surface area contributed by atoms with Gasteiger partial charge in [0.15, 0.2) is 11.5 Å². The molecule has 5 nitrogen and oxygen atoms in total. The predicted octanol–water partition coefficient (Wildman–Crippen LogP) is 5.70. The number of amides is 1. The van der Waals surface area contributed by atoms with Crippen LogP contribution in [-0.2, 0) is 11.4 Å². The predicted molar refractivity (Wildman–Crippen MR) is 125 cm³/mol. The Kier molecular flexibility index (Phi) is 7.78. The Labute approximate surface area is 197 Å². The van der Waals surface area contributed by atoms with E-state index in [0.717, 1.165) is 5.56 Å². The summed E-state index contributed by atoms with van der Waals surface area (Å²) >= 11 is 2.07. The lowest BCUT2D eigenvalue weighted by Gasteiger charge is -2.14. The SMILES string of the molecule is COc1cc(/C=C(/C#N)C(=O)Nc2ccc(F)cc2)cc(I)c1OCc1ccc(F)cc1. The first-order valence-electron chi connectivity index (χ1n) is 9.33. The van der Waals surface area contributed by atoms with Crippen molar-refractivity contribution in [1.29, 1.82) is 5.26 Å². The van der Waals surface area contributed by atoms with E-state index in [9.17, 15) is 18.8 Å². The van der Waals surface area contributed by atoms with Crippen molar-refractivity contribution in [3.8, 4) is 17.6 Å². The molecular formula is C24H17F2IN2O3. The number of hydrogen-bond acceptors (Lipinski definition) is 4. The fourth-order valence-corrected chi connectivity index (χ4v) is 3.53. The van der Waals surface area contributed by atoms with Gasteiger partial charge in [-0.25, -0.2) is 8.78 Å². The molecule has 0 heterocycles. The van der Waals surface area contributed by atoms with Gasteiger partial charge in [0, 0.05) is 5.69 Å². The van der Waals surface area contributed by atoms with Crippen LogP contribution in [0.1, 0.15) is 11.1 Å². The van der Waals surface area contributed by atoms with E-state index >= 15 is 0 Å². The standard InChI is InChI=1S/C24H17F2IN2O3/c1-31-22-12-16(10-17(13-28)24(30)29-20-8-6-19(26)7-9-20)11-21(27)23(22)32-14-15-2-4-18(25)5-3-15/h2-12H,14H2,1H3,(H,29,30)/b17-10-. The topological polar surface area (TPSA) is 71.3 Å². The minimum atomic E-state index is -0.621. The zero-order valence-electron chi connectivity index (χ0n) is 16.9. The fourth-order valence-electron chi connectivity index (χ4n) is 2.75. The van der Waals surface area contributed by atoms with Gasteiger partial charge in [0.2, 0.25) is 0 Å².